The number of hydrogen-bond acceptors (Lipinski definition) is 3. The average Bonchev–Trinajstić information content (AvgIpc) is 2.83. The Morgan fingerprint density at radius 3 is 3.10 bits per heavy atom. The maximum Gasteiger partial charge on any atom is 0.174 e. The molecule has 4 aliphatic rings. The van der Waals surface area contributed by atoms with Crippen molar-refractivity contribution in [2.24, 2.45) is 5.92 Å². The third-order valence-corrected chi connectivity index (χ3v) is 6.60. The molecule has 0 radical (unpaired) electrons. The molecule has 3 heteroatoms. The molecule has 110 valence electrons. The van der Waals surface area contributed by atoms with Gasteiger partial charge in [0.05, 0.1) is 0 Å². The first-order valence-electron chi connectivity index (χ1n) is 8.15. The van der Waals surface area contributed by atoms with Crippen LogP contribution < -0.4 is 4.74 Å². The summed E-state index contributed by atoms with van der Waals surface area (Å²) in [6.07, 6.45) is 3.73. The Hall–Kier alpha value is -1.35. The van der Waals surface area contributed by atoms with Gasteiger partial charge in [-0.1, -0.05) is 12.1 Å². The van der Waals surface area contributed by atoms with Crippen LogP contribution in [0.4, 0.5) is 0 Å². The number of hydrogen-bond donors (Lipinski definition) is 0. The number of nitrogens with zero attached hydrogens (tertiary/aromatic N) is 1. The molecule has 2 aliphatic carbocycles. The van der Waals surface area contributed by atoms with E-state index in [-0.39, 0.29) is 11.5 Å². The van der Waals surface area contributed by atoms with Gasteiger partial charge in [0.15, 0.2) is 11.9 Å². The van der Waals surface area contributed by atoms with Gasteiger partial charge in [0.1, 0.15) is 5.75 Å². The lowest BCUT2D eigenvalue weighted by molar-refractivity contribution is -0.138. The van der Waals surface area contributed by atoms with Gasteiger partial charge in [0.2, 0.25) is 0 Å². The lowest BCUT2D eigenvalue weighted by Gasteiger charge is -2.57. The van der Waals surface area contributed by atoms with Crippen LogP contribution in [0.25, 0.3) is 0 Å². The van der Waals surface area contributed by atoms with E-state index in [9.17, 15) is 4.79 Å². The third-order valence-electron chi connectivity index (χ3n) is 6.60. The molecular weight excluding hydrogens is 262 g/mol. The summed E-state index contributed by atoms with van der Waals surface area (Å²) in [6, 6.07) is 5.03. The first kappa shape index (κ1) is 12.2. The molecule has 0 N–H and O–H groups in total. The smallest absolute Gasteiger partial charge is 0.174 e. The SMILES string of the molecule is Cc1ccc2c3c1OC1C(=O)CC[C@H]4[C@@H](C2)N(C)CC[C@]314. The first-order chi connectivity index (χ1) is 10.1. The van der Waals surface area contributed by atoms with E-state index in [0.29, 0.717) is 24.2 Å². The quantitative estimate of drug-likeness (QED) is 0.731. The minimum absolute atomic E-state index is 0.0125. The molecule has 1 unspecified atom stereocenters. The number of ether oxygens (including phenoxy) is 1. The molecule has 2 fully saturated rings. The van der Waals surface area contributed by atoms with E-state index in [2.05, 4.69) is 31.0 Å². The minimum atomic E-state index is -0.206. The normalized spacial score (nSPS) is 39.9. The van der Waals surface area contributed by atoms with Crippen molar-refractivity contribution in [3.63, 3.8) is 0 Å². The minimum Gasteiger partial charge on any atom is -0.481 e. The fourth-order valence-corrected chi connectivity index (χ4v) is 5.67. The summed E-state index contributed by atoms with van der Waals surface area (Å²) in [5, 5.41) is 0. The highest BCUT2D eigenvalue weighted by Crippen LogP contribution is 2.61. The van der Waals surface area contributed by atoms with Crippen LogP contribution in [0.1, 0.15) is 36.0 Å². The van der Waals surface area contributed by atoms with Crippen molar-refractivity contribution in [2.75, 3.05) is 13.6 Å². The van der Waals surface area contributed by atoms with Crippen molar-refractivity contribution in [3.8, 4) is 5.75 Å². The number of carbonyl (C=O) groups is 1. The zero-order valence-corrected chi connectivity index (χ0v) is 12.7. The van der Waals surface area contributed by atoms with Gasteiger partial charge < -0.3 is 9.64 Å². The zero-order valence-electron chi connectivity index (χ0n) is 12.7. The van der Waals surface area contributed by atoms with Crippen molar-refractivity contribution in [1.82, 2.24) is 4.90 Å². The Morgan fingerprint density at radius 1 is 1.38 bits per heavy atom. The first-order valence-corrected chi connectivity index (χ1v) is 8.15. The molecule has 1 aromatic carbocycles. The van der Waals surface area contributed by atoms with Gasteiger partial charge in [-0.25, -0.2) is 0 Å². The van der Waals surface area contributed by atoms with E-state index in [1.54, 1.807) is 0 Å². The van der Waals surface area contributed by atoms with Gasteiger partial charge in [-0.15, -0.1) is 0 Å². The Balaban J connectivity index is 1.83. The molecule has 0 aromatic heterocycles. The van der Waals surface area contributed by atoms with Gasteiger partial charge in [-0.2, -0.15) is 0 Å². The average molecular weight is 283 g/mol. The highest BCUT2D eigenvalue weighted by molar-refractivity contribution is 5.89. The standard InChI is InChI=1S/C18H21NO2/c1-10-3-4-11-9-13-12-5-6-14(20)17-18(12,7-8-19(13)2)15(11)16(10)21-17/h3-4,12-13,17H,5-9H2,1-2H3/t12-,13+,17?,18-/m0/s1. The van der Waals surface area contributed by atoms with Gasteiger partial charge in [-0.3, -0.25) is 4.79 Å². The number of piperidine rings is 1. The summed E-state index contributed by atoms with van der Waals surface area (Å²) >= 11 is 0. The molecule has 5 rings (SSSR count). The summed E-state index contributed by atoms with van der Waals surface area (Å²) in [5.74, 6) is 1.97. The second-order valence-corrected chi connectivity index (χ2v) is 7.40. The maximum atomic E-state index is 12.6. The topological polar surface area (TPSA) is 29.5 Å². The molecular formula is C18H21NO2. The van der Waals surface area contributed by atoms with Crippen LogP contribution in [0.15, 0.2) is 12.1 Å². The van der Waals surface area contributed by atoms with Gasteiger partial charge in [-0.05, 0) is 56.8 Å². The highest BCUT2D eigenvalue weighted by Gasteiger charge is 2.65. The largest absolute Gasteiger partial charge is 0.481 e. The molecule has 2 bridgehead atoms. The number of likely N-dealkylation sites (N-methyl/N-ethyl adjacent to an activating group) is 1. The van der Waals surface area contributed by atoms with Gasteiger partial charge in [0, 0.05) is 23.4 Å². The van der Waals surface area contributed by atoms with Crippen LogP contribution in [0.3, 0.4) is 0 Å². The van der Waals surface area contributed by atoms with Crippen LogP contribution >= 0.6 is 0 Å². The molecule has 21 heavy (non-hydrogen) atoms. The van der Waals surface area contributed by atoms with Crippen LogP contribution in [-0.4, -0.2) is 36.4 Å². The van der Waals surface area contributed by atoms with E-state index in [0.717, 1.165) is 31.6 Å². The zero-order chi connectivity index (χ0) is 14.4. The Kier molecular flexibility index (Phi) is 2.15. The summed E-state index contributed by atoms with van der Waals surface area (Å²) in [5.41, 5.74) is 4.03. The van der Waals surface area contributed by atoms with Crippen molar-refractivity contribution >= 4 is 5.78 Å². The summed E-state index contributed by atoms with van der Waals surface area (Å²) in [7, 11) is 2.25. The molecule has 2 heterocycles. The third kappa shape index (κ3) is 1.24. The van der Waals surface area contributed by atoms with Crippen LogP contribution in [0.5, 0.6) is 5.75 Å². The van der Waals surface area contributed by atoms with Gasteiger partial charge in [0.25, 0.3) is 0 Å². The predicted molar refractivity (Wildman–Crippen MR) is 79.7 cm³/mol. The Bertz CT molecular complexity index is 667. The fourth-order valence-electron chi connectivity index (χ4n) is 5.67. The van der Waals surface area contributed by atoms with Crippen molar-refractivity contribution < 1.29 is 9.53 Å². The fraction of sp³-hybridized carbons (Fsp3) is 0.611. The lowest BCUT2D eigenvalue weighted by Crippen LogP contribution is -2.65. The number of carbonyl (C=O) groups excluding carboxylic acids is 1. The number of Topliss-reactive ketones (excluding diaryl/α,β-unsaturated/α-hetero) is 1. The number of likely N-dealkylation sites (tertiary alicyclic amines) is 1. The van der Waals surface area contributed by atoms with Crippen molar-refractivity contribution in [3.05, 3.63) is 28.8 Å². The highest BCUT2D eigenvalue weighted by atomic mass is 16.5. The Labute approximate surface area is 125 Å². The van der Waals surface area contributed by atoms with Crippen LogP contribution in [0.2, 0.25) is 0 Å². The van der Waals surface area contributed by atoms with E-state index < -0.39 is 0 Å². The molecule has 3 nitrogen and oxygen atoms in total. The molecule has 4 atom stereocenters. The number of rotatable bonds is 0. The van der Waals surface area contributed by atoms with E-state index in [1.807, 2.05) is 0 Å². The molecule has 1 aromatic rings. The van der Waals surface area contributed by atoms with Crippen molar-refractivity contribution in [2.45, 2.75) is 50.2 Å². The summed E-state index contributed by atoms with van der Waals surface area (Å²) in [4.78, 5) is 15.1. The second kappa shape index (κ2) is 3.70. The summed E-state index contributed by atoms with van der Waals surface area (Å²) in [6.45, 7) is 3.20. The monoisotopic (exact) mass is 283 g/mol. The number of ketones is 1. The number of benzene rings is 1. The predicted octanol–water partition coefficient (Wildman–Crippen LogP) is 2.23. The Morgan fingerprint density at radius 2 is 2.24 bits per heavy atom. The van der Waals surface area contributed by atoms with Crippen LogP contribution in [-0.2, 0) is 16.6 Å². The molecule has 1 saturated heterocycles. The van der Waals surface area contributed by atoms with E-state index in [1.165, 1.54) is 16.7 Å². The van der Waals surface area contributed by atoms with Crippen molar-refractivity contribution in [1.29, 1.82) is 0 Å². The van der Waals surface area contributed by atoms with Crippen LogP contribution in [0, 0.1) is 12.8 Å². The molecule has 0 amide bonds. The lowest BCUT2D eigenvalue weighted by atomic mass is 9.51. The molecule has 1 spiro atoms. The van der Waals surface area contributed by atoms with E-state index >= 15 is 0 Å². The van der Waals surface area contributed by atoms with E-state index in [4.69, 9.17) is 4.74 Å². The maximum absolute atomic E-state index is 12.6. The molecule has 2 aliphatic heterocycles. The second-order valence-electron chi connectivity index (χ2n) is 7.40. The summed E-state index contributed by atoms with van der Waals surface area (Å²) < 4.78 is 6.29. The van der Waals surface area contributed by atoms with Gasteiger partial charge >= 0.3 is 0 Å². The number of aryl methyl sites for hydroxylation is 1. The molecule has 1 saturated carbocycles.